The molecular weight excluding hydrogens is 346 g/mol. The smallest absolute Gasteiger partial charge is 0.124 e. The predicted octanol–water partition coefficient (Wildman–Crippen LogP) is 2.86. The molecule has 0 bridgehead atoms. The minimum absolute atomic E-state index is 0.121. The third-order valence-electron chi connectivity index (χ3n) is 4.09. The Hall–Kier alpha value is -2.83. The van der Waals surface area contributed by atoms with Crippen molar-refractivity contribution in [3.05, 3.63) is 66.2 Å². The van der Waals surface area contributed by atoms with Crippen LogP contribution < -0.4 is 16.2 Å². The SMILES string of the molecule is C=S(=O)(C(=N)c1cc(OCCN)ccc1N)c1cccc2ccccc12. The van der Waals surface area contributed by atoms with Crippen LogP contribution in [0.2, 0.25) is 0 Å². The fourth-order valence-electron chi connectivity index (χ4n) is 2.77. The number of nitrogens with one attached hydrogen (secondary N) is 1. The number of benzene rings is 3. The molecule has 0 spiro atoms. The van der Waals surface area contributed by atoms with Gasteiger partial charge < -0.3 is 16.2 Å². The van der Waals surface area contributed by atoms with E-state index in [4.69, 9.17) is 21.6 Å². The van der Waals surface area contributed by atoms with Crippen molar-refractivity contribution in [2.75, 3.05) is 18.9 Å². The van der Waals surface area contributed by atoms with Gasteiger partial charge in [-0.3, -0.25) is 9.62 Å². The van der Waals surface area contributed by atoms with Crippen LogP contribution in [0.4, 0.5) is 5.69 Å². The summed E-state index contributed by atoms with van der Waals surface area (Å²) in [5.74, 6) is 4.41. The lowest BCUT2D eigenvalue weighted by Crippen LogP contribution is -2.17. The molecule has 0 aliphatic rings. The van der Waals surface area contributed by atoms with Gasteiger partial charge in [0.1, 0.15) is 17.4 Å². The van der Waals surface area contributed by atoms with E-state index in [9.17, 15) is 4.21 Å². The molecule has 5 N–H and O–H groups in total. The molecule has 0 aliphatic heterocycles. The zero-order valence-electron chi connectivity index (χ0n) is 14.3. The summed E-state index contributed by atoms with van der Waals surface area (Å²) in [5, 5.41) is 10.2. The number of anilines is 1. The summed E-state index contributed by atoms with van der Waals surface area (Å²) < 4.78 is 19.0. The van der Waals surface area contributed by atoms with Crippen molar-refractivity contribution in [2.24, 2.45) is 5.73 Å². The molecule has 0 amide bonds. The summed E-state index contributed by atoms with van der Waals surface area (Å²) in [6.45, 7) is 0.721. The molecule has 3 aromatic rings. The van der Waals surface area contributed by atoms with Crippen LogP contribution in [0.15, 0.2) is 65.6 Å². The second-order valence-corrected chi connectivity index (χ2v) is 8.07. The highest BCUT2D eigenvalue weighted by Gasteiger charge is 2.21. The number of ether oxygens (including phenoxy) is 1. The van der Waals surface area contributed by atoms with Crippen molar-refractivity contribution in [2.45, 2.75) is 4.90 Å². The van der Waals surface area contributed by atoms with Crippen molar-refractivity contribution in [3.8, 4) is 5.75 Å². The summed E-state index contributed by atoms with van der Waals surface area (Å²) in [5.41, 5.74) is 12.2. The van der Waals surface area contributed by atoms with Crippen LogP contribution in [0.1, 0.15) is 5.56 Å². The van der Waals surface area contributed by atoms with E-state index < -0.39 is 9.52 Å². The fourth-order valence-corrected chi connectivity index (χ4v) is 4.36. The summed E-state index contributed by atoms with van der Waals surface area (Å²) in [7, 11) is -3.06. The average molecular weight is 367 g/mol. The molecule has 0 radical (unpaired) electrons. The Morgan fingerprint density at radius 2 is 1.85 bits per heavy atom. The zero-order chi connectivity index (χ0) is 18.7. The van der Waals surface area contributed by atoms with Crippen LogP contribution in [0, 0.1) is 5.41 Å². The first-order chi connectivity index (χ1) is 12.4. The Labute approximate surface area is 153 Å². The van der Waals surface area contributed by atoms with Gasteiger partial charge in [-0.05, 0) is 40.9 Å². The highest BCUT2D eigenvalue weighted by molar-refractivity contribution is 8.14. The largest absolute Gasteiger partial charge is 0.492 e. The molecule has 0 saturated heterocycles. The third-order valence-corrected chi connectivity index (χ3v) is 6.04. The molecule has 6 heteroatoms. The van der Waals surface area contributed by atoms with Gasteiger partial charge in [-0.25, -0.2) is 0 Å². The average Bonchev–Trinajstić information content (AvgIpc) is 2.66. The minimum Gasteiger partial charge on any atom is -0.492 e. The van der Waals surface area contributed by atoms with Gasteiger partial charge in [-0.1, -0.05) is 36.4 Å². The van der Waals surface area contributed by atoms with Crippen LogP contribution in [-0.2, 0) is 9.52 Å². The van der Waals surface area contributed by atoms with E-state index in [0.29, 0.717) is 35.0 Å². The number of fused-ring (bicyclic) bond motifs is 1. The van der Waals surface area contributed by atoms with Gasteiger partial charge in [0.15, 0.2) is 0 Å². The predicted molar refractivity (Wildman–Crippen MR) is 110 cm³/mol. The second kappa shape index (κ2) is 7.19. The first kappa shape index (κ1) is 18.0. The molecule has 3 aromatic carbocycles. The third kappa shape index (κ3) is 3.29. The molecular formula is C20H21N3O2S. The second-order valence-electron chi connectivity index (χ2n) is 5.87. The molecule has 3 rings (SSSR count). The Kier molecular flexibility index (Phi) is 4.97. The molecule has 1 atom stereocenters. The van der Waals surface area contributed by atoms with Crippen LogP contribution in [0.25, 0.3) is 10.8 Å². The standard InChI is InChI=1S/C20H21N3O2S/c1-26(24,19-8-4-6-14-5-2-3-7-16(14)19)20(23)17-13-15(25-12-11-21)9-10-18(17)22/h2-10,13,23H,1,11-12,21-22H2. The minimum atomic E-state index is -3.06. The van der Waals surface area contributed by atoms with E-state index >= 15 is 0 Å². The number of hydrogen-bond donors (Lipinski definition) is 3. The van der Waals surface area contributed by atoms with Crippen molar-refractivity contribution in [1.82, 2.24) is 0 Å². The van der Waals surface area contributed by atoms with Crippen LogP contribution >= 0.6 is 0 Å². The van der Waals surface area contributed by atoms with Gasteiger partial charge in [-0.15, -0.1) is 0 Å². The maximum absolute atomic E-state index is 13.5. The first-order valence-electron chi connectivity index (χ1n) is 8.11. The number of hydrogen-bond acceptors (Lipinski definition) is 5. The van der Waals surface area contributed by atoms with Crippen molar-refractivity contribution < 1.29 is 8.95 Å². The summed E-state index contributed by atoms with van der Waals surface area (Å²) >= 11 is 0. The molecule has 134 valence electrons. The number of nitrogen functional groups attached to an aromatic ring is 1. The molecule has 1 unspecified atom stereocenters. The van der Waals surface area contributed by atoms with Crippen molar-refractivity contribution in [1.29, 1.82) is 5.41 Å². The van der Waals surface area contributed by atoms with E-state index in [-0.39, 0.29) is 5.04 Å². The summed E-state index contributed by atoms with van der Waals surface area (Å²) in [4.78, 5) is 0.522. The van der Waals surface area contributed by atoms with E-state index in [0.717, 1.165) is 10.8 Å². The van der Waals surface area contributed by atoms with Gasteiger partial charge >= 0.3 is 0 Å². The molecule has 0 saturated carbocycles. The highest BCUT2D eigenvalue weighted by atomic mass is 32.2. The highest BCUT2D eigenvalue weighted by Crippen LogP contribution is 2.28. The van der Waals surface area contributed by atoms with E-state index in [2.05, 4.69) is 5.87 Å². The lowest BCUT2D eigenvalue weighted by molar-refractivity contribution is 0.328. The fraction of sp³-hybridized carbons (Fsp3) is 0.100. The lowest BCUT2D eigenvalue weighted by Gasteiger charge is -2.16. The molecule has 0 aromatic heterocycles. The Morgan fingerprint density at radius 3 is 2.62 bits per heavy atom. The maximum Gasteiger partial charge on any atom is 0.124 e. The van der Waals surface area contributed by atoms with Crippen LogP contribution in [0.3, 0.4) is 0 Å². The molecule has 26 heavy (non-hydrogen) atoms. The molecule has 5 nitrogen and oxygen atoms in total. The molecule has 0 aliphatic carbocycles. The summed E-state index contributed by atoms with van der Waals surface area (Å²) in [6.07, 6.45) is 0. The van der Waals surface area contributed by atoms with E-state index in [1.165, 1.54) is 0 Å². The van der Waals surface area contributed by atoms with Crippen molar-refractivity contribution in [3.63, 3.8) is 0 Å². The van der Waals surface area contributed by atoms with E-state index in [1.807, 2.05) is 36.4 Å². The van der Waals surface area contributed by atoms with Gasteiger partial charge in [0, 0.05) is 32.2 Å². The van der Waals surface area contributed by atoms with Crippen LogP contribution in [0.5, 0.6) is 5.75 Å². The molecule has 0 fully saturated rings. The monoisotopic (exact) mass is 367 g/mol. The number of nitrogens with two attached hydrogens (primary N) is 2. The Bertz CT molecular complexity index is 1070. The Balaban J connectivity index is 2.09. The molecule has 0 heterocycles. The van der Waals surface area contributed by atoms with Gasteiger partial charge in [-0.2, -0.15) is 0 Å². The topological polar surface area (TPSA) is 102 Å². The zero-order valence-corrected chi connectivity index (χ0v) is 15.1. The van der Waals surface area contributed by atoms with Gasteiger partial charge in [0.2, 0.25) is 0 Å². The van der Waals surface area contributed by atoms with Gasteiger partial charge in [0.05, 0.1) is 0 Å². The number of rotatable bonds is 5. The van der Waals surface area contributed by atoms with Crippen molar-refractivity contribution >= 4 is 36.9 Å². The van der Waals surface area contributed by atoms with Gasteiger partial charge in [0.25, 0.3) is 0 Å². The Morgan fingerprint density at radius 1 is 1.12 bits per heavy atom. The maximum atomic E-state index is 13.5. The lowest BCUT2D eigenvalue weighted by atomic mass is 10.1. The quantitative estimate of drug-likeness (QED) is 0.279. The summed E-state index contributed by atoms with van der Waals surface area (Å²) in [6, 6.07) is 18.1. The first-order valence-corrected chi connectivity index (χ1v) is 9.84. The van der Waals surface area contributed by atoms with Crippen LogP contribution in [-0.4, -0.2) is 28.3 Å². The van der Waals surface area contributed by atoms with E-state index in [1.54, 1.807) is 24.3 Å². The normalized spacial score (nSPS) is 13.3.